The molecule has 118 valence electrons. The first-order valence-corrected chi connectivity index (χ1v) is 7.39. The van der Waals surface area contributed by atoms with E-state index in [2.05, 4.69) is 5.32 Å². The van der Waals surface area contributed by atoms with E-state index in [4.69, 9.17) is 9.47 Å². The van der Waals surface area contributed by atoms with E-state index in [9.17, 15) is 9.59 Å². The van der Waals surface area contributed by atoms with Gasteiger partial charge in [-0.15, -0.1) is 0 Å². The molecule has 6 nitrogen and oxygen atoms in total. The molecule has 0 radical (unpaired) electrons. The zero-order chi connectivity index (χ0) is 15.8. The fraction of sp³-hybridized carbons (Fsp3) is 0.500. The Hall–Kier alpha value is -2.24. The van der Waals surface area contributed by atoms with E-state index in [0.29, 0.717) is 19.5 Å². The second-order valence-electron chi connectivity index (χ2n) is 6.35. The van der Waals surface area contributed by atoms with Crippen molar-refractivity contribution in [3.8, 4) is 0 Å². The first-order chi connectivity index (χ1) is 10.4. The van der Waals surface area contributed by atoms with Gasteiger partial charge in [-0.05, 0) is 19.4 Å². The van der Waals surface area contributed by atoms with Gasteiger partial charge in [0.2, 0.25) is 0 Å². The monoisotopic (exact) mass is 304 g/mol. The normalized spacial score (nSPS) is 25.9. The molecule has 1 aromatic rings. The van der Waals surface area contributed by atoms with Gasteiger partial charge in [0, 0.05) is 13.0 Å². The number of hydrogen-bond donors (Lipinski definition) is 1. The zero-order valence-corrected chi connectivity index (χ0v) is 12.8. The van der Waals surface area contributed by atoms with Crippen LogP contribution in [0, 0.1) is 0 Å². The molecule has 2 amide bonds. The molecule has 2 aliphatic heterocycles. The first-order valence-electron chi connectivity index (χ1n) is 7.39. The number of rotatable bonds is 2. The van der Waals surface area contributed by atoms with E-state index < -0.39 is 17.2 Å². The first kappa shape index (κ1) is 14.7. The number of likely N-dealkylation sites (tertiary alicyclic amines) is 1. The van der Waals surface area contributed by atoms with E-state index in [1.807, 2.05) is 44.2 Å². The summed E-state index contributed by atoms with van der Waals surface area (Å²) in [6.45, 7) is 4.94. The number of hydrogen-bond acceptors (Lipinski definition) is 4. The molecule has 0 aromatic heterocycles. The van der Waals surface area contributed by atoms with Gasteiger partial charge >= 0.3 is 12.2 Å². The summed E-state index contributed by atoms with van der Waals surface area (Å²) in [5.74, 6) is 0. The minimum absolute atomic E-state index is 0.241. The molecule has 6 heteroatoms. The van der Waals surface area contributed by atoms with E-state index in [0.717, 1.165) is 5.56 Å². The van der Waals surface area contributed by atoms with E-state index in [-0.39, 0.29) is 12.7 Å². The van der Waals surface area contributed by atoms with Gasteiger partial charge in [0.15, 0.2) is 5.60 Å². The molecule has 2 fully saturated rings. The molecule has 1 N–H and O–H groups in total. The molecular weight excluding hydrogens is 284 g/mol. The highest BCUT2D eigenvalue weighted by molar-refractivity contribution is 5.73. The highest BCUT2D eigenvalue weighted by Crippen LogP contribution is 2.39. The lowest BCUT2D eigenvalue weighted by atomic mass is 9.83. The summed E-state index contributed by atoms with van der Waals surface area (Å²) in [6.07, 6.45) is -0.192. The number of benzene rings is 1. The smallest absolute Gasteiger partial charge is 0.410 e. The highest BCUT2D eigenvalue weighted by atomic mass is 16.6. The number of carbonyl (C=O) groups excluding carboxylic acids is 2. The number of carbonyl (C=O) groups is 2. The predicted molar refractivity (Wildman–Crippen MR) is 79.2 cm³/mol. The Morgan fingerprint density at radius 3 is 2.73 bits per heavy atom. The molecule has 1 unspecified atom stereocenters. The lowest BCUT2D eigenvalue weighted by molar-refractivity contribution is 0.0173. The summed E-state index contributed by atoms with van der Waals surface area (Å²) >= 11 is 0. The largest absolute Gasteiger partial charge is 0.445 e. The molecule has 0 saturated carbocycles. The molecule has 22 heavy (non-hydrogen) atoms. The summed E-state index contributed by atoms with van der Waals surface area (Å²) in [5, 5.41) is 2.80. The molecule has 3 rings (SSSR count). The fourth-order valence-electron chi connectivity index (χ4n) is 3.04. The van der Waals surface area contributed by atoms with Gasteiger partial charge in [0.05, 0.1) is 12.1 Å². The maximum absolute atomic E-state index is 12.2. The van der Waals surface area contributed by atoms with Crippen molar-refractivity contribution in [2.45, 2.75) is 38.0 Å². The molecule has 1 spiro atoms. The van der Waals surface area contributed by atoms with Crippen LogP contribution in [-0.2, 0) is 16.1 Å². The number of nitrogens with zero attached hydrogens (tertiary/aromatic N) is 1. The van der Waals surface area contributed by atoms with E-state index in [1.165, 1.54) is 0 Å². The van der Waals surface area contributed by atoms with Crippen molar-refractivity contribution in [3.05, 3.63) is 35.9 Å². The van der Waals surface area contributed by atoms with Gasteiger partial charge in [-0.1, -0.05) is 30.3 Å². The maximum atomic E-state index is 12.2. The second-order valence-corrected chi connectivity index (χ2v) is 6.35. The standard InChI is InChI=1S/C16H20N2O4/c1-15(2)16(22-13(19)17-15)8-9-18(11-16)14(20)21-10-12-6-4-3-5-7-12/h3-7H,8-11H2,1-2H3,(H,17,19). The lowest BCUT2D eigenvalue weighted by Gasteiger charge is -2.33. The Kier molecular flexibility index (Phi) is 3.47. The van der Waals surface area contributed by atoms with E-state index >= 15 is 0 Å². The Labute approximate surface area is 129 Å². The fourth-order valence-corrected chi connectivity index (χ4v) is 3.04. The van der Waals surface area contributed by atoms with Crippen molar-refractivity contribution >= 4 is 12.2 Å². The third-order valence-electron chi connectivity index (χ3n) is 4.54. The van der Waals surface area contributed by atoms with Crippen LogP contribution in [0.5, 0.6) is 0 Å². The number of ether oxygens (including phenoxy) is 2. The maximum Gasteiger partial charge on any atom is 0.410 e. The van der Waals surface area contributed by atoms with Crippen molar-refractivity contribution in [2.75, 3.05) is 13.1 Å². The van der Waals surface area contributed by atoms with Crippen LogP contribution in [0.15, 0.2) is 30.3 Å². The summed E-state index contributed by atoms with van der Waals surface area (Å²) in [7, 11) is 0. The van der Waals surface area contributed by atoms with Gasteiger partial charge in [-0.25, -0.2) is 9.59 Å². The molecule has 2 aliphatic rings. The Morgan fingerprint density at radius 1 is 1.36 bits per heavy atom. The number of nitrogens with one attached hydrogen (secondary N) is 1. The lowest BCUT2D eigenvalue weighted by Crippen LogP contribution is -2.54. The van der Waals surface area contributed by atoms with Crippen molar-refractivity contribution < 1.29 is 19.1 Å². The van der Waals surface area contributed by atoms with Crippen LogP contribution in [0.25, 0.3) is 0 Å². The summed E-state index contributed by atoms with van der Waals surface area (Å²) in [4.78, 5) is 25.3. The second kappa shape index (κ2) is 5.19. The average Bonchev–Trinajstić information content (AvgIpc) is 2.99. The third-order valence-corrected chi connectivity index (χ3v) is 4.54. The van der Waals surface area contributed by atoms with Crippen molar-refractivity contribution in [3.63, 3.8) is 0 Å². The number of amides is 2. The topological polar surface area (TPSA) is 67.9 Å². The predicted octanol–water partition coefficient (Wildman–Crippen LogP) is 2.29. The van der Waals surface area contributed by atoms with Crippen LogP contribution in [-0.4, -0.2) is 41.3 Å². The van der Waals surface area contributed by atoms with Gasteiger partial charge in [-0.3, -0.25) is 0 Å². The minimum atomic E-state index is -0.671. The average molecular weight is 304 g/mol. The number of alkyl carbamates (subject to hydrolysis) is 1. The summed E-state index contributed by atoms with van der Waals surface area (Å²) < 4.78 is 10.8. The zero-order valence-electron chi connectivity index (χ0n) is 12.8. The van der Waals surface area contributed by atoms with Crippen LogP contribution < -0.4 is 5.32 Å². The van der Waals surface area contributed by atoms with Crippen molar-refractivity contribution in [1.82, 2.24) is 10.2 Å². The van der Waals surface area contributed by atoms with Crippen LogP contribution in [0.3, 0.4) is 0 Å². The van der Waals surface area contributed by atoms with Gasteiger partial charge < -0.3 is 19.7 Å². The SMILES string of the molecule is CC1(C)NC(=O)OC12CCN(C(=O)OCc1ccccc1)C2. The summed E-state index contributed by atoms with van der Waals surface area (Å²) in [6, 6.07) is 9.54. The molecule has 0 bridgehead atoms. The molecule has 0 aliphatic carbocycles. The quantitative estimate of drug-likeness (QED) is 0.910. The van der Waals surface area contributed by atoms with Crippen LogP contribution in [0.4, 0.5) is 9.59 Å². The van der Waals surface area contributed by atoms with Crippen LogP contribution in [0.2, 0.25) is 0 Å². The molecule has 2 saturated heterocycles. The van der Waals surface area contributed by atoms with E-state index in [1.54, 1.807) is 4.90 Å². The third kappa shape index (κ3) is 2.49. The van der Waals surface area contributed by atoms with Gasteiger partial charge in [0.1, 0.15) is 6.61 Å². The molecule has 1 atom stereocenters. The summed E-state index contributed by atoms with van der Waals surface area (Å²) in [5.41, 5.74) is -0.229. The van der Waals surface area contributed by atoms with Gasteiger partial charge in [-0.2, -0.15) is 0 Å². The Balaban J connectivity index is 1.61. The Bertz CT molecular complexity index is 587. The molecular formula is C16H20N2O4. The molecule has 1 aromatic carbocycles. The Morgan fingerprint density at radius 2 is 2.09 bits per heavy atom. The van der Waals surface area contributed by atoms with Crippen molar-refractivity contribution in [2.24, 2.45) is 0 Å². The van der Waals surface area contributed by atoms with Gasteiger partial charge in [0.25, 0.3) is 0 Å². The van der Waals surface area contributed by atoms with Crippen molar-refractivity contribution in [1.29, 1.82) is 0 Å². The molecule has 2 heterocycles. The highest BCUT2D eigenvalue weighted by Gasteiger charge is 2.59. The van der Waals surface area contributed by atoms with Crippen LogP contribution >= 0.6 is 0 Å². The minimum Gasteiger partial charge on any atom is -0.445 e. The van der Waals surface area contributed by atoms with Crippen LogP contribution in [0.1, 0.15) is 25.8 Å².